The maximum absolute atomic E-state index is 13.5. The highest BCUT2D eigenvalue weighted by Crippen LogP contribution is 2.32. The summed E-state index contributed by atoms with van der Waals surface area (Å²) < 4.78 is 28.2. The Labute approximate surface area is 137 Å². The summed E-state index contributed by atoms with van der Waals surface area (Å²) in [6.45, 7) is -1.31. The number of alkyl halides is 2. The number of para-hydroxylation sites is 2. The van der Waals surface area contributed by atoms with Crippen molar-refractivity contribution in [3.63, 3.8) is 0 Å². The first kappa shape index (κ1) is 14.8. The molecule has 120 valence electrons. The molecule has 2 heterocycles. The molecule has 1 saturated carbocycles. The molecule has 0 spiro atoms. The van der Waals surface area contributed by atoms with Gasteiger partial charge in [0.05, 0.1) is 17.6 Å². The third kappa shape index (κ3) is 3.01. The van der Waals surface area contributed by atoms with E-state index in [4.69, 9.17) is 0 Å². The first-order valence-corrected chi connectivity index (χ1v) is 8.61. The molecule has 3 aromatic rings. The number of aromatic nitrogens is 2. The lowest BCUT2D eigenvalue weighted by atomic mass is 10.3. The Hall–Kier alpha value is -1.79. The average Bonchev–Trinajstić information content (AvgIpc) is 3.13. The minimum absolute atomic E-state index is 0.449. The van der Waals surface area contributed by atoms with Crippen LogP contribution < -0.4 is 0 Å². The third-order valence-corrected chi connectivity index (χ3v) is 5.07. The Morgan fingerprint density at radius 3 is 2.70 bits per heavy atom. The highest BCUT2D eigenvalue weighted by molar-refractivity contribution is 7.09. The number of imidazole rings is 1. The smallest absolute Gasteiger partial charge is 0.288 e. The van der Waals surface area contributed by atoms with Crippen LogP contribution in [0.3, 0.4) is 0 Å². The lowest BCUT2D eigenvalue weighted by molar-refractivity contribution is 0.0678. The molecule has 1 aliphatic carbocycles. The topological polar surface area (TPSA) is 21.1 Å². The fraction of sp³-hybridized carbons (Fsp3) is 0.353. The quantitative estimate of drug-likeness (QED) is 0.654. The summed E-state index contributed by atoms with van der Waals surface area (Å²) >= 11 is 1.71. The van der Waals surface area contributed by atoms with E-state index >= 15 is 0 Å². The molecule has 0 amide bonds. The molecule has 1 aromatic carbocycles. The second kappa shape index (κ2) is 6.02. The number of halogens is 2. The first-order chi connectivity index (χ1) is 11.2. The molecular formula is C17H17F2N3S. The summed E-state index contributed by atoms with van der Waals surface area (Å²) in [5, 5.41) is 2.05. The summed E-state index contributed by atoms with van der Waals surface area (Å²) in [5.41, 5.74) is 1.14. The summed E-state index contributed by atoms with van der Waals surface area (Å²) in [6, 6.07) is 11.7. The van der Waals surface area contributed by atoms with Crippen molar-refractivity contribution in [2.24, 2.45) is 0 Å². The number of nitrogens with zero attached hydrogens (tertiary/aromatic N) is 3. The third-order valence-electron chi connectivity index (χ3n) is 4.21. The standard InChI is InChI=1S/C17H17F2N3S/c18-17(19)22-15-6-2-1-5-14(15)20-16(22)11-21(12-7-8-12)10-13-4-3-9-23-13/h1-6,9,12,17H,7-8,10-11H2. The van der Waals surface area contributed by atoms with Crippen LogP contribution in [0.15, 0.2) is 41.8 Å². The van der Waals surface area contributed by atoms with Crippen LogP contribution in [-0.4, -0.2) is 20.5 Å². The van der Waals surface area contributed by atoms with Crippen molar-refractivity contribution in [2.75, 3.05) is 0 Å². The summed E-state index contributed by atoms with van der Waals surface area (Å²) in [7, 11) is 0. The Balaban J connectivity index is 1.66. The van der Waals surface area contributed by atoms with Gasteiger partial charge in [-0.1, -0.05) is 18.2 Å². The maximum atomic E-state index is 13.5. The van der Waals surface area contributed by atoms with Crippen molar-refractivity contribution in [2.45, 2.75) is 38.5 Å². The Kier molecular flexibility index (Phi) is 3.87. The van der Waals surface area contributed by atoms with E-state index in [1.165, 1.54) is 4.88 Å². The molecule has 0 bridgehead atoms. The van der Waals surface area contributed by atoms with Crippen LogP contribution in [-0.2, 0) is 13.1 Å². The Morgan fingerprint density at radius 1 is 1.17 bits per heavy atom. The summed E-state index contributed by atoms with van der Waals surface area (Å²) in [6.07, 6.45) is 2.28. The molecule has 6 heteroatoms. The van der Waals surface area contributed by atoms with Crippen LogP contribution in [0.25, 0.3) is 11.0 Å². The van der Waals surface area contributed by atoms with Gasteiger partial charge in [-0.15, -0.1) is 11.3 Å². The Morgan fingerprint density at radius 2 is 2.00 bits per heavy atom. The van der Waals surface area contributed by atoms with Crippen LogP contribution in [0.4, 0.5) is 8.78 Å². The predicted molar refractivity (Wildman–Crippen MR) is 87.6 cm³/mol. The molecule has 23 heavy (non-hydrogen) atoms. The van der Waals surface area contributed by atoms with Crippen molar-refractivity contribution in [3.05, 3.63) is 52.5 Å². The van der Waals surface area contributed by atoms with Crippen molar-refractivity contribution >= 4 is 22.4 Å². The average molecular weight is 333 g/mol. The predicted octanol–water partition coefficient (Wildman–Crippen LogP) is 4.66. The zero-order valence-corrected chi connectivity index (χ0v) is 13.3. The summed E-state index contributed by atoms with van der Waals surface area (Å²) in [5.74, 6) is 0.449. The van der Waals surface area contributed by atoms with Crippen molar-refractivity contribution < 1.29 is 8.78 Å². The number of hydrogen-bond donors (Lipinski definition) is 0. The molecule has 0 aliphatic heterocycles. The lowest BCUT2D eigenvalue weighted by Gasteiger charge is -2.21. The van der Waals surface area contributed by atoms with Gasteiger partial charge in [-0.2, -0.15) is 8.78 Å². The van der Waals surface area contributed by atoms with E-state index in [1.54, 1.807) is 29.5 Å². The molecule has 4 rings (SSSR count). The van der Waals surface area contributed by atoms with Crippen LogP contribution in [0.2, 0.25) is 0 Å². The van der Waals surface area contributed by atoms with Crippen LogP contribution in [0, 0.1) is 0 Å². The highest BCUT2D eigenvalue weighted by atomic mass is 32.1. The number of hydrogen-bond acceptors (Lipinski definition) is 3. The second-order valence-corrected chi connectivity index (χ2v) is 6.91. The van der Waals surface area contributed by atoms with Crippen molar-refractivity contribution in [3.8, 4) is 0 Å². The van der Waals surface area contributed by atoms with Crippen molar-refractivity contribution in [1.29, 1.82) is 0 Å². The number of benzene rings is 1. The van der Waals surface area contributed by atoms with Gasteiger partial charge in [0.15, 0.2) is 0 Å². The molecule has 2 aromatic heterocycles. The molecule has 1 aliphatic rings. The van der Waals surface area contributed by atoms with Gasteiger partial charge >= 0.3 is 6.55 Å². The fourth-order valence-corrected chi connectivity index (χ4v) is 3.69. The largest absolute Gasteiger partial charge is 0.320 e. The molecule has 0 N–H and O–H groups in total. The van der Waals surface area contributed by atoms with Gasteiger partial charge in [0.25, 0.3) is 0 Å². The van der Waals surface area contributed by atoms with Crippen LogP contribution in [0.5, 0.6) is 0 Å². The van der Waals surface area contributed by atoms with Gasteiger partial charge in [0.2, 0.25) is 0 Å². The molecule has 1 fully saturated rings. The van der Waals surface area contributed by atoms with E-state index in [9.17, 15) is 8.78 Å². The van der Waals surface area contributed by atoms with E-state index in [1.807, 2.05) is 12.1 Å². The van der Waals surface area contributed by atoms with Gasteiger partial charge in [0.1, 0.15) is 5.82 Å². The Bertz CT molecular complexity index is 793. The molecule has 0 radical (unpaired) electrons. The van der Waals surface area contributed by atoms with E-state index < -0.39 is 6.55 Å². The lowest BCUT2D eigenvalue weighted by Crippen LogP contribution is -2.26. The normalized spacial score (nSPS) is 15.1. The zero-order valence-electron chi connectivity index (χ0n) is 12.5. The zero-order chi connectivity index (χ0) is 15.8. The number of rotatable bonds is 6. The fourth-order valence-electron chi connectivity index (χ4n) is 2.96. The van der Waals surface area contributed by atoms with Gasteiger partial charge < -0.3 is 0 Å². The second-order valence-electron chi connectivity index (χ2n) is 5.88. The number of fused-ring (bicyclic) bond motifs is 1. The van der Waals surface area contributed by atoms with Gasteiger partial charge in [0, 0.05) is 17.5 Å². The molecular weight excluding hydrogens is 316 g/mol. The highest BCUT2D eigenvalue weighted by Gasteiger charge is 2.31. The minimum atomic E-state index is -2.57. The van der Waals surface area contributed by atoms with E-state index in [-0.39, 0.29) is 0 Å². The van der Waals surface area contributed by atoms with E-state index in [2.05, 4.69) is 21.3 Å². The van der Waals surface area contributed by atoms with Gasteiger partial charge in [-0.3, -0.25) is 9.47 Å². The monoisotopic (exact) mass is 333 g/mol. The van der Waals surface area contributed by atoms with E-state index in [0.29, 0.717) is 29.4 Å². The van der Waals surface area contributed by atoms with E-state index in [0.717, 1.165) is 24.0 Å². The summed E-state index contributed by atoms with van der Waals surface area (Å²) in [4.78, 5) is 7.99. The van der Waals surface area contributed by atoms with Crippen molar-refractivity contribution in [1.82, 2.24) is 14.5 Å². The van der Waals surface area contributed by atoms with Crippen LogP contribution in [0.1, 0.15) is 30.1 Å². The number of thiophene rings is 1. The minimum Gasteiger partial charge on any atom is -0.288 e. The van der Waals surface area contributed by atoms with Gasteiger partial charge in [-0.05, 0) is 36.4 Å². The molecule has 0 atom stereocenters. The molecule has 0 saturated heterocycles. The molecule has 3 nitrogen and oxygen atoms in total. The SMILES string of the molecule is FC(F)n1c(CN(Cc2cccs2)C2CC2)nc2ccccc21. The first-order valence-electron chi connectivity index (χ1n) is 7.73. The maximum Gasteiger partial charge on any atom is 0.320 e. The molecule has 0 unspecified atom stereocenters. The van der Waals surface area contributed by atoms with Crippen LogP contribution >= 0.6 is 11.3 Å². The van der Waals surface area contributed by atoms with Gasteiger partial charge in [-0.25, -0.2) is 4.98 Å².